The Morgan fingerprint density at radius 1 is 0.958 bits per heavy atom. The summed E-state index contributed by atoms with van der Waals surface area (Å²) >= 11 is 2.64. The van der Waals surface area contributed by atoms with Crippen LogP contribution in [0.3, 0.4) is 0 Å². The molecule has 0 radical (unpaired) electrons. The Hall–Kier alpha value is -2.51. The van der Waals surface area contributed by atoms with Gasteiger partial charge in [-0.3, -0.25) is 20.4 Å². The van der Waals surface area contributed by atoms with Gasteiger partial charge >= 0.3 is 0 Å². The molecule has 2 N–H and O–H groups in total. The van der Waals surface area contributed by atoms with Crippen LogP contribution in [0.25, 0.3) is 10.6 Å². The number of hydrazine groups is 1. The van der Waals surface area contributed by atoms with E-state index in [1.54, 1.807) is 6.92 Å². The van der Waals surface area contributed by atoms with Crippen molar-refractivity contribution in [2.45, 2.75) is 13.8 Å². The van der Waals surface area contributed by atoms with Gasteiger partial charge in [0.25, 0.3) is 11.8 Å². The number of nitrogens with one attached hydrogen (secondary N) is 2. The second-order valence-electron chi connectivity index (χ2n) is 5.14. The fourth-order valence-corrected chi connectivity index (χ4v) is 3.93. The first kappa shape index (κ1) is 16.4. The molecule has 2 heterocycles. The van der Waals surface area contributed by atoms with Crippen molar-refractivity contribution in [2.24, 2.45) is 0 Å². The molecule has 122 valence electrons. The topological polar surface area (TPSA) is 71.1 Å². The maximum Gasteiger partial charge on any atom is 0.281 e. The zero-order valence-corrected chi connectivity index (χ0v) is 14.8. The number of rotatable bonds is 3. The summed E-state index contributed by atoms with van der Waals surface area (Å²) in [6.07, 6.45) is 0. The van der Waals surface area contributed by atoms with Crippen LogP contribution in [0.5, 0.6) is 0 Å². The van der Waals surface area contributed by atoms with Crippen molar-refractivity contribution in [2.75, 3.05) is 0 Å². The van der Waals surface area contributed by atoms with Gasteiger partial charge in [0.15, 0.2) is 0 Å². The van der Waals surface area contributed by atoms with Crippen LogP contribution in [0.4, 0.5) is 0 Å². The predicted octanol–water partition coefficient (Wildman–Crippen LogP) is 3.56. The van der Waals surface area contributed by atoms with Gasteiger partial charge in [0.2, 0.25) is 0 Å². The van der Waals surface area contributed by atoms with E-state index >= 15 is 0 Å². The third-order valence-electron chi connectivity index (χ3n) is 3.38. The van der Waals surface area contributed by atoms with Crippen molar-refractivity contribution in [1.29, 1.82) is 0 Å². The van der Waals surface area contributed by atoms with E-state index in [4.69, 9.17) is 0 Å². The number of aryl methyl sites for hydroxylation is 2. The minimum absolute atomic E-state index is 0.318. The van der Waals surface area contributed by atoms with Crippen molar-refractivity contribution >= 4 is 34.5 Å². The molecule has 0 bridgehead atoms. The van der Waals surface area contributed by atoms with Crippen LogP contribution >= 0.6 is 22.7 Å². The Morgan fingerprint density at radius 2 is 1.62 bits per heavy atom. The second kappa shape index (κ2) is 6.94. The largest absolute Gasteiger partial charge is 0.281 e. The molecule has 0 aliphatic heterocycles. The number of amides is 2. The maximum absolute atomic E-state index is 12.3. The molecule has 1 aromatic carbocycles. The number of carbonyl (C=O) groups excluding carboxylic acids is 2. The first-order chi connectivity index (χ1) is 11.6. The van der Waals surface area contributed by atoms with Crippen LogP contribution < -0.4 is 10.9 Å². The number of nitrogens with zero attached hydrogens (tertiary/aromatic N) is 1. The number of aromatic nitrogens is 1. The van der Waals surface area contributed by atoms with Crippen LogP contribution in [-0.4, -0.2) is 16.8 Å². The summed E-state index contributed by atoms with van der Waals surface area (Å²) in [4.78, 5) is 29.9. The van der Waals surface area contributed by atoms with Crippen molar-refractivity contribution in [3.05, 3.63) is 62.8 Å². The summed E-state index contributed by atoms with van der Waals surface area (Å²) in [5, 5.41) is 2.62. The molecule has 7 heteroatoms. The van der Waals surface area contributed by atoms with Crippen LogP contribution in [0.15, 0.2) is 41.8 Å². The number of thiophene rings is 1. The van der Waals surface area contributed by atoms with Gasteiger partial charge in [0.1, 0.15) is 9.88 Å². The number of hydrogen-bond donors (Lipinski definition) is 2. The number of carbonyl (C=O) groups is 2. The van der Waals surface area contributed by atoms with Crippen molar-refractivity contribution in [3.63, 3.8) is 0 Å². The maximum atomic E-state index is 12.3. The molecule has 0 saturated heterocycles. The van der Waals surface area contributed by atoms with Crippen molar-refractivity contribution in [1.82, 2.24) is 15.8 Å². The van der Waals surface area contributed by atoms with E-state index < -0.39 is 0 Å². The quantitative estimate of drug-likeness (QED) is 0.704. The first-order valence-electron chi connectivity index (χ1n) is 7.24. The van der Waals surface area contributed by atoms with Crippen LogP contribution in [-0.2, 0) is 0 Å². The van der Waals surface area contributed by atoms with Crippen LogP contribution in [0.1, 0.15) is 30.6 Å². The van der Waals surface area contributed by atoms with Gasteiger partial charge in [-0.25, -0.2) is 4.98 Å². The van der Waals surface area contributed by atoms with E-state index in [2.05, 4.69) is 15.8 Å². The molecule has 0 saturated carbocycles. The normalized spacial score (nSPS) is 10.4. The van der Waals surface area contributed by atoms with Crippen molar-refractivity contribution in [3.8, 4) is 10.6 Å². The molecular weight excluding hydrogens is 342 g/mol. The standard InChI is InChI=1S/C17H15N3O2S2/c1-10-8-9-23-13(10)15(21)19-20-16(22)14-11(2)18-17(24-14)12-6-4-3-5-7-12/h3-9H,1-2H3,(H,19,21)(H,20,22). The lowest BCUT2D eigenvalue weighted by Crippen LogP contribution is -2.41. The van der Waals surface area contributed by atoms with Gasteiger partial charge in [-0.15, -0.1) is 22.7 Å². The second-order valence-corrected chi connectivity index (χ2v) is 7.06. The number of thiazole rings is 1. The lowest BCUT2D eigenvalue weighted by Gasteiger charge is -2.05. The zero-order chi connectivity index (χ0) is 17.1. The first-order valence-corrected chi connectivity index (χ1v) is 8.93. The summed E-state index contributed by atoms with van der Waals surface area (Å²) in [5.74, 6) is -0.684. The third kappa shape index (κ3) is 3.37. The number of benzene rings is 1. The highest BCUT2D eigenvalue weighted by molar-refractivity contribution is 7.17. The van der Waals surface area contributed by atoms with E-state index in [1.807, 2.05) is 48.7 Å². The van der Waals surface area contributed by atoms with Gasteiger partial charge in [-0.2, -0.15) is 0 Å². The molecule has 0 atom stereocenters. The van der Waals surface area contributed by atoms with Gasteiger partial charge in [0, 0.05) is 5.56 Å². The van der Waals surface area contributed by atoms with Crippen molar-refractivity contribution < 1.29 is 9.59 Å². The smallest absolute Gasteiger partial charge is 0.266 e. The molecule has 0 aliphatic carbocycles. The Balaban J connectivity index is 1.71. The highest BCUT2D eigenvalue weighted by Gasteiger charge is 2.17. The Kier molecular flexibility index (Phi) is 4.73. The van der Waals surface area contributed by atoms with Gasteiger partial charge in [-0.05, 0) is 30.9 Å². The van der Waals surface area contributed by atoms with E-state index in [0.717, 1.165) is 16.1 Å². The summed E-state index contributed by atoms with van der Waals surface area (Å²) in [6.45, 7) is 3.63. The van der Waals surface area contributed by atoms with Gasteiger partial charge in [-0.1, -0.05) is 30.3 Å². The highest BCUT2D eigenvalue weighted by Crippen LogP contribution is 2.27. The average molecular weight is 357 g/mol. The van der Waals surface area contributed by atoms with E-state index in [-0.39, 0.29) is 11.8 Å². The number of hydrogen-bond acceptors (Lipinski definition) is 5. The Bertz CT molecular complexity index is 884. The minimum Gasteiger partial charge on any atom is -0.266 e. The van der Waals surface area contributed by atoms with E-state index in [9.17, 15) is 9.59 Å². The summed E-state index contributed by atoms with van der Waals surface area (Å²) in [5.41, 5.74) is 7.39. The van der Waals surface area contributed by atoms with E-state index in [0.29, 0.717) is 15.4 Å². The molecule has 24 heavy (non-hydrogen) atoms. The average Bonchev–Trinajstić information content (AvgIpc) is 3.19. The monoisotopic (exact) mass is 357 g/mol. The minimum atomic E-state index is -0.366. The van der Waals surface area contributed by atoms with Crippen LogP contribution in [0.2, 0.25) is 0 Å². The molecule has 0 aliphatic rings. The van der Waals surface area contributed by atoms with E-state index in [1.165, 1.54) is 22.7 Å². The fraction of sp³-hybridized carbons (Fsp3) is 0.118. The molecule has 0 spiro atoms. The SMILES string of the molecule is Cc1ccsc1C(=O)NNC(=O)c1sc(-c2ccccc2)nc1C. The molecule has 2 aromatic heterocycles. The lowest BCUT2D eigenvalue weighted by atomic mass is 10.2. The highest BCUT2D eigenvalue weighted by atomic mass is 32.1. The van der Waals surface area contributed by atoms with Gasteiger partial charge in [0.05, 0.1) is 10.6 Å². The molecule has 3 rings (SSSR count). The lowest BCUT2D eigenvalue weighted by molar-refractivity contribution is 0.0850. The summed E-state index contributed by atoms with van der Waals surface area (Å²) < 4.78 is 0. The van der Waals surface area contributed by atoms with Crippen LogP contribution in [0, 0.1) is 13.8 Å². The molecule has 0 fully saturated rings. The Labute approximate surface area is 147 Å². The molecular formula is C17H15N3O2S2. The Morgan fingerprint density at radius 3 is 2.25 bits per heavy atom. The third-order valence-corrected chi connectivity index (χ3v) is 5.60. The molecule has 5 nitrogen and oxygen atoms in total. The summed E-state index contributed by atoms with van der Waals surface area (Å²) in [7, 11) is 0. The molecule has 0 unspecified atom stereocenters. The molecule has 3 aromatic rings. The summed E-state index contributed by atoms with van der Waals surface area (Å²) in [6, 6.07) is 11.5. The zero-order valence-electron chi connectivity index (χ0n) is 13.1. The predicted molar refractivity (Wildman–Crippen MR) is 96.3 cm³/mol. The fourth-order valence-electron chi connectivity index (χ4n) is 2.14. The van der Waals surface area contributed by atoms with Gasteiger partial charge < -0.3 is 0 Å². The molecule has 2 amide bonds.